The van der Waals surface area contributed by atoms with Gasteiger partial charge in [-0.25, -0.2) is 0 Å². The minimum absolute atomic E-state index is 0.166. The number of ether oxygens (including phenoxy) is 1. The Morgan fingerprint density at radius 3 is 2.25 bits per heavy atom. The number of halogens is 3. The highest BCUT2D eigenvalue weighted by Gasteiger charge is 2.31. The van der Waals surface area contributed by atoms with Crippen molar-refractivity contribution >= 4 is 11.6 Å². The molecule has 1 fully saturated rings. The van der Waals surface area contributed by atoms with Crippen molar-refractivity contribution in [3.8, 4) is 5.75 Å². The SMILES string of the molecule is CC1CC(C)CN(C(C)C(=O)Nc2ccc(OC(F)(F)F)cc2)C1. The maximum absolute atomic E-state index is 12.4. The second-order valence-corrected chi connectivity index (χ2v) is 6.64. The van der Waals surface area contributed by atoms with Gasteiger partial charge < -0.3 is 10.1 Å². The van der Waals surface area contributed by atoms with E-state index in [2.05, 4.69) is 28.8 Å². The normalized spacial score (nSPS) is 23.6. The lowest BCUT2D eigenvalue weighted by Gasteiger charge is -2.38. The standard InChI is InChI=1S/C17H23F3N2O2/c1-11-8-12(2)10-22(9-11)13(3)16(23)21-14-4-6-15(7-5-14)24-17(18,19)20/h4-7,11-13H,8-10H2,1-3H3,(H,21,23). The second-order valence-electron chi connectivity index (χ2n) is 6.64. The topological polar surface area (TPSA) is 41.6 Å². The molecule has 0 spiro atoms. The Morgan fingerprint density at radius 2 is 1.75 bits per heavy atom. The third-order valence-electron chi connectivity index (χ3n) is 4.18. The zero-order chi connectivity index (χ0) is 17.9. The van der Waals surface area contributed by atoms with Gasteiger partial charge in [0.25, 0.3) is 0 Å². The number of carbonyl (C=O) groups excluding carboxylic acids is 1. The quantitative estimate of drug-likeness (QED) is 0.901. The molecular formula is C17H23F3N2O2. The summed E-state index contributed by atoms with van der Waals surface area (Å²) in [5, 5.41) is 2.74. The first kappa shape index (κ1) is 18.6. The molecule has 4 nitrogen and oxygen atoms in total. The van der Waals surface area contributed by atoms with Crippen LogP contribution < -0.4 is 10.1 Å². The van der Waals surface area contributed by atoms with Gasteiger partial charge in [-0.15, -0.1) is 13.2 Å². The summed E-state index contributed by atoms with van der Waals surface area (Å²) in [4.78, 5) is 14.5. The molecule has 1 aromatic rings. The van der Waals surface area contributed by atoms with Crippen LogP contribution in [0.25, 0.3) is 0 Å². The van der Waals surface area contributed by atoms with Gasteiger partial charge >= 0.3 is 6.36 Å². The first-order chi connectivity index (χ1) is 11.1. The molecule has 1 N–H and O–H groups in total. The summed E-state index contributed by atoms with van der Waals surface area (Å²) in [5.74, 6) is 0.610. The van der Waals surface area contributed by atoms with Crippen molar-refractivity contribution in [3.05, 3.63) is 24.3 Å². The Kier molecular flexibility index (Phi) is 5.74. The molecule has 0 aliphatic carbocycles. The predicted octanol–water partition coefficient (Wildman–Crippen LogP) is 3.89. The largest absolute Gasteiger partial charge is 0.573 e. The molecule has 1 aliphatic rings. The monoisotopic (exact) mass is 344 g/mol. The molecule has 0 aromatic heterocycles. The van der Waals surface area contributed by atoms with Gasteiger partial charge in [0, 0.05) is 18.8 Å². The molecular weight excluding hydrogens is 321 g/mol. The molecule has 7 heteroatoms. The zero-order valence-corrected chi connectivity index (χ0v) is 14.1. The molecule has 1 aliphatic heterocycles. The summed E-state index contributed by atoms with van der Waals surface area (Å²) in [5.41, 5.74) is 0.444. The molecule has 0 bridgehead atoms. The van der Waals surface area contributed by atoms with E-state index in [4.69, 9.17) is 0 Å². The van der Waals surface area contributed by atoms with Crippen molar-refractivity contribution in [3.63, 3.8) is 0 Å². The van der Waals surface area contributed by atoms with Crippen LogP contribution in [-0.4, -0.2) is 36.3 Å². The predicted molar refractivity (Wildman–Crippen MR) is 85.7 cm³/mol. The second kappa shape index (κ2) is 7.42. The number of nitrogens with zero attached hydrogens (tertiary/aromatic N) is 1. The van der Waals surface area contributed by atoms with Crippen LogP contribution in [0.4, 0.5) is 18.9 Å². The van der Waals surface area contributed by atoms with Crippen LogP contribution in [0.3, 0.4) is 0 Å². The molecule has 0 radical (unpaired) electrons. The molecule has 1 heterocycles. The fourth-order valence-electron chi connectivity index (χ4n) is 3.18. The summed E-state index contributed by atoms with van der Waals surface area (Å²) < 4.78 is 40.2. The van der Waals surface area contributed by atoms with Gasteiger partial charge in [-0.3, -0.25) is 9.69 Å². The Balaban J connectivity index is 1.93. The number of likely N-dealkylation sites (tertiary alicyclic amines) is 1. The number of hydrogen-bond donors (Lipinski definition) is 1. The maximum atomic E-state index is 12.4. The van der Waals surface area contributed by atoms with Crippen molar-refractivity contribution in [2.45, 2.75) is 39.6 Å². The number of amides is 1. The van der Waals surface area contributed by atoms with E-state index in [0.29, 0.717) is 17.5 Å². The van der Waals surface area contributed by atoms with E-state index >= 15 is 0 Å². The van der Waals surface area contributed by atoms with Crippen LogP contribution in [0.1, 0.15) is 27.2 Å². The highest BCUT2D eigenvalue weighted by molar-refractivity contribution is 5.94. The van der Waals surface area contributed by atoms with Crippen LogP contribution in [0.15, 0.2) is 24.3 Å². The number of benzene rings is 1. The Hall–Kier alpha value is -1.76. The Morgan fingerprint density at radius 1 is 1.21 bits per heavy atom. The van der Waals surface area contributed by atoms with Gasteiger partial charge in [0.05, 0.1) is 6.04 Å². The van der Waals surface area contributed by atoms with Gasteiger partial charge in [-0.05, 0) is 49.4 Å². The van der Waals surface area contributed by atoms with Gasteiger partial charge in [-0.1, -0.05) is 13.8 Å². The average molecular weight is 344 g/mol. The number of carbonyl (C=O) groups is 1. The maximum Gasteiger partial charge on any atom is 0.573 e. The van der Waals surface area contributed by atoms with E-state index in [1.54, 1.807) is 0 Å². The van der Waals surface area contributed by atoms with Crippen molar-refractivity contribution in [1.29, 1.82) is 0 Å². The van der Waals surface area contributed by atoms with E-state index in [0.717, 1.165) is 19.5 Å². The van der Waals surface area contributed by atoms with Crippen molar-refractivity contribution < 1.29 is 22.7 Å². The Labute approximate surface area is 140 Å². The molecule has 1 aromatic carbocycles. The smallest absolute Gasteiger partial charge is 0.406 e. The van der Waals surface area contributed by atoms with E-state index in [9.17, 15) is 18.0 Å². The van der Waals surface area contributed by atoms with Gasteiger partial charge in [0.2, 0.25) is 5.91 Å². The van der Waals surface area contributed by atoms with Crippen molar-refractivity contribution in [1.82, 2.24) is 4.90 Å². The number of piperidine rings is 1. The van der Waals surface area contributed by atoms with Crippen LogP contribution in [0.5, 0.6) is 5.75 Å². The minimum Gasteiger partial charge on any atom is -0.406 e. The summed E-state index contributed by atoms with van der Waals surface area (Å²) in [6.07, 6.45) is -3.56. The molecule has 0 saturated carbocycles. The van der Waals surface area contributed by atoms with Crippen molar-refractivity contribution in [2.24, 2.45) is 11.8 Å². The summed E-state index contributed by atoms with van der Waals surface area (Å²) in [6.45, 7) is 7.94. The van der Waals surface area contributed by atoms with Gasteiger partial charge in [0.15, 0.2) is 0 Å². The van der Waals surface area contributed by atoms with E-state index in [1.165, 1.54) is 24.3 Å². The third-order valence-corrected chi connectivity index (χ3v) is 4.18. The van der Waals surface area contributed by atoms with Gasteiger partial charge in [0.1, 0.15) is 5.75 Å². The highest BCUT2D eigenvalue weighted by atomic mass is 19.4. The molecule has 1 saturated heterocycles. The first-order valence-electron chi connectivity index (χ1n) is 8.05. The number of nitrogens with one attached hydrogen (secondary N) is 1. The Bertz CT molecular complexity index is 550. The number of hydrogen-bond acceptors (Lipinski definition) is 3. The van der Waals surface area contributed by atoms with Crippen LogP contribution in [0, 0.1) is 11.8 Å². The minimum atomic E-state index is -4.72. The van der Waals surface area contributed by atoms with Crippen LogP contribution >= 0.6 is 0 Å². The molecule has 3 atom stereocenters. The summed E-state index contributed by atoms with van der Waals surface area (Å²) >= 11 is 0. The molecule has 24 heavy (non-hydrogen) atoms. The molecule has 3 unspecified atom stereocenters. The lowest BCUT2D eigenvalue weighted by molar-refractivity contribution is -0.274. The summed E-state index contributed by atoms with van der Waals surface area (Å²) in [6, 6.07) is 4.86. The molecule has 1 amide bonds. The fraction of sp³-hybridized carbons (Fsp3) is 0.588. The van der Waals surface area contributed by atoms with Gasteiger partial charge in [-0.2, -0.15) is 0 Å². The average Bonchev–Trinajstić information content (AvgIpc) is 2.46. The molecule has 134 valence electrons. The fourth-order valence-corrected chi connectivity index (χ4v) is 3.18. The number of anilines is 1. The van der Waals surface area contributed by atoms with E-state index in [-0.39, 0.29) is 17.7 Å². The van der Waals surface area contributed by atoms with Crippen LogP contribution in [0.2, 0.25) is 0 Å². The van der Waals surface area contributed by atoms with Crippen LogP contribution in [-0.2, 0) is 4.79 Å². The third kappa shape index (κ3) is 5.40. The van der Waals surface area contributed by atoms with E-state index in [1.807, 2.05) is 6.92 Å². The number of alkyl halides is 3. The summed E-state index contributed by atoms with van der Waals surface area (Å²) in [7, 11) is 0. The van der Waals surface area contributed by atoms with Crippen molar-refractivity contribution in [2.75, 3.05) is 18.4 Å². The lowest BCUT2D eigenvalue weighted by atomic mass is 9.91. The zero-order valence-electron chi connectivity index (χ0n) is 14.1. The van der Waals surface area contributed by atoms with E-state index < -0.39 is 6.36 Å². The molecule has 2 rings (SSSR count). The number of rotatable bonds is 4. The lowest BCUT2D eigenvalue weighted by Crippen LogP contribution is -2.48. The highest BCUT2D eigenvalue weighted by Crippen LogP contribution is 2.25. The first-order valence-corrected chi connectivity index (χ1v) is 8.05.